The highest BCUT2D eigenvalue weighted by Crippen LogP contribution is 2.41. The number of amides is 1. The fourth-order valence-electron chi connectivity index (χ4n) is 3.81. The molecule has 1 amide bonds. The molecule has 0 heterocycles. The molecule has 1 saturated carbocycles. The number of rotatable bonds is 5. The molecule has 1 aliphatic rings. The quantitative estimate of drug-likeness (QED) is 0.781. The van der Waals surface area contributed by atoms with Gasteiger partial charge in [-0.15, -0.1) is 0 Å². The monoisotopic (exact) mass is 318 g/mol. The molecule has 1 aliphatic carbocycles. The Morgan fingerprint density at radius 1 is 1.35 bits per heavy atom. The minimum Gasteiger partial charge on any atom is -0.380 e. The lowest BCUT2D eigenvalue weighted by molar-refractivity contribution is -0.155. The summed E-state index contributed by atoms with van der Waals surface area (Å²) in [7, 11) is 0. The van der Waals surface area contributed by atoms with Crippen LogP contribution in [0.5, 0.6) is 0 Å². The first-order valence-corrected chi connectivity index (χ1v) is 8.65. The Labute approximate surface area is 139 Å². The average molecular weight is 318 g/mol. The predicted molar refractivity (Wildman–Crippen MR) is 92.7 cm³/mol. The molecule has 1 aromatic carbocycles. The molecule has 128 valence electrons. The molecule has 1 aromatic rings. The number of hydrogen-bond acceptors (Lipinski definition) is 3. The second kappa shape index (κ2) is 7.45. The molecular formula is C19H30N2O2. The van der Waals surface area contributed by atoms with Crippen molar-refractivity contribution in [2.24, 2.45) is 23.5 Å². The highest BCUT2D eigenvalue weighted by Gasteiger charge is 2.48. The third-order valence-corrected chi connectivity index (χ3v) is 5.15. The fourth-order valence-corrected chi connectivity index (χ4v) is 3.81. The van der Waals surface area contributed by atoms with Crippen molar-refractivity contribution in [3.05, 3.63) is 35.9 Å². The number of nitrogens with one attached hydrogen (secondary N) is 1. The van der Waals surface area contributed by atoms with Crippen LogP contribution in [0.3, 0.4) is 0 Å². The lowest BCUT2D eigenvalue weighted by atomic mass is 9.66. The van der Waals surface area contributed by atoms with E-state index in [0.717, 1.165) is 18.4 Å². The molecule has 2 rings (SSSR count). The Morgan fingerprint density at radius 2 is 2.00 bits per heavy atom. The molecule has 0 radical (unpaired) electrons. The Hall–Kier alpha value is -1.39. The molecule has 1 fully saturated rings. The maximum Gasteiger partial charge on any atom is 0.252 e. The van der Waals surface area contributed by atoms with Crippen LogP contribution in [0.1, 0.15) is 51.6 Å². The van der Waals surface area contributed by atoms with E-state index in [1.165, 1.54) is 0 Å². The largest absolute Gasteiger partial charge is 0.380 e. The summed E-state index contributed by atoms with van der Waals surface area (Å²) in [5.41, 5.74) is 5.85. The Balaban J connectivity index is 2.02. The molecule has 3 unspecified atom stereocenters. The van der Waals surface area contributed by atoms with Crippen molar-refractivity contribution in [1.82, 2.24) is 5.32 Å². The summed E-state index contributed by atoms with van der Waals surface area (Å²) in [6, 6.07) is 9.44. The summed E-state index contributed by atoms with van der Waals surface area (Å²) in [4.78, 5) is 12.7. The van der Waals surface area contributed by atoms with Crippen LogP contribution in [0.15, 0.2) is 30.3 Å². The van der Waals surface area contributed by atoms with E-state index in [9.17, 15) is 9.90 Å². The van der Waals surface area contributed by atoms with E-state index < -0.39 is 5.60 Å². The van der Waals surface area contributed by atoms with Gasteiger partial charge >= 0.3 is 0 Å². The van der Waals surface area contributed by atoms with Gasteiger partial charge in [0.15, 0.2) is 0 Å². The van der Waals surface area contributed by atoms with Crippen molar-refractivity contribution in [3.8, 4) is 0 Å². The van der Waals surface area contributed by atoms with Crippen LogP contribution in [-0.2, 0) is 4.79 Å². The molecular weight excluding hydrogens is 288 g/mol. The lowest BCUT2D eigenvalue weighted by Crippen LogP contribution is -2.57. The van der Waals surface area contributed by atoms with E-state index in [0.29, 0.717) is 18.9 Å². The predicted octanol–water partition coefficient (Wildman–Crippen LogP) is 2.63. The van der Waals surface area contributed by atoms with Gasteiger partial charge in [0.2, 0.25) is 0 Å². The van der Waals surface area contributed by atoms with Crippen molar-refractivity contribution in [2.45, 2.75) is 51.7 Å². The van der Waals surface area contributed by atoms with Crippen LogP contribution >= 0.6 is 0 Å². The van der Waals surface area contributed by atoms with E-state index in [4.69, 9.17) is 5.73 Å². The maximum absolute atomic E-state index is 12.7. The van der Waals surface area contributed by atoms with Crippen LogP contribution in [0.2, 0.25) is 0 Å². The van der Waals surface area contributed by atoms with E-state index in [2.05, 4.69) is 26.1 Å². The summed E-state index contributed by atoms with van der Waals surface area (Å²) in [6.45, 7) is 6.60. The van der Waals surface area contributed by atoms with Crippen LogP contribution in [0, 0.1) is 17.8 Å². The minimum absolute atomic E-state index is 0.00616. The van der Waals surface area contributed by atoms with Crippen LogP contribution in [-0.4, -0.2) is 23.2 Å². The molecule has 4 nitrogen and oxygen atoms in total. The first-order chi connectivity index (χ1) is 10.8. The van der Waals surface area contributed by atoms with Crippen LogP contribution in [0.25, 0.3) is 0 Å². The topological polar surface area (TPSA) is 75.3 Å². The van der Waals surface area contributed by atoms with E-state index in [1.54, 1.807) is 0 Å². The number of carbonyl (C=O) groups is 1. The first kappa shape index (κ1) is 18.0. The normalized spacial score (nSPS) is 29.3. The number of carbonyl (C=O) groups excluding carboxylic acids is 1. The van der Waals surface area contributed by atoms with Crippen molar-refractivity contribution in [2.75, 3.05) is 6.54 Å². The van der Waals surface area contributed by atoms with E-state index in [-0.39, 0.29) is 23.8 Å². The molecule has 0 spiro atoms. The molecule has 0 bridgehead atoms. The smallest absolute Gasteiger partial charge is 0.252 e. The number of hydrogen-bond donors (Lipinski definition) is 3. The standard InChI is InChI=1S/C19H30N2O2/c1-13(2)16-10-9-14(3)11-19(16,23)18(22)21-12-17(20)15-7-5-4-6-8-15/h4-8,13-14,16-17,23H,9-12,20H2,1-3H3,(H,21,22)/t14?,16?,17-,19?/m1/s1. The van der Waals surface area contributed by atoms with Gasteiger partial charge in [0.1, 0.15) is 5.60 Å². The van der Waals surface area contributed by atoms with Crippen LogP contribution in [0.4, 0.5) is 0 Å². The molecule has 0 aromatic heterocycles. The third-order valence-electron chi connectivity index (χ3n) is 5.15. The third kappa shape index (κ3) is 4.12. The van der Waals surface area contributed by atoms with Gasteiger partial charge < -0.3 is 16.2 Å². The van der Waals surface area contributed by atoms with Gasteiger partial charge in [-0.2, -0.15) is 0 Å². The van der Waals surface area contributed by atoms with E-state index >= 15 is 0 Å². The van der Waals surface area contributed by atoms with Crippen molar-refractivity contribution in [3.63, 3.8) is 0 Å². The molecule has 4 heteroatoms. The zero-order valence-electron chi connectivity index (χ0n) is 14.5. The minimum atomic E-state index is -1.28. The van der Waals surface area contributed by atoms with Gasteiger partial charge in [-0.3, -0.25) is 4.79 Å². The second-order valence-corrected chi connectivity index (χ2v) is 7.39. The molecule has 0 aliphatic heterocycles. The maximum atomic E-state index is 12.7. The summed E-state index contributed by atoms with van der Waals surface area (Å²) >= 11 is 0. The van der Waals surface area contributed by atoms with Gasteiger partial charge in [0, 0.05) is 12.6 Å². The van der Waals surface area contributed by atoms with Gasteiger partial charge in [-0.25, -0.2) is 0 Å². The SMILES string of the molecule is CC1CCC(C(C)C)C(O)(C(=O)NC[C@@H](N)c2ccccc2)C1. The molecule has 4 atom stereocenters. The number of nitrogens with two attached hydrogens (primary N) is 1. The summed E-state index contributed by atoms with van der Waals surface area (Å²) in [6.07, 6.45) is 2.50. The highest BCUT2D eigenvalue weighted by molar-refractivity contribution is 5.85. The van der Waals surface area contributed by atoms with Crippen molar-refractivity contribution < 1.29 is 9.90 Å². The van der Waals surface area contributed by atoms with Crippen molar-refractivity contribution in [1.29, 1.82) is 0 Å². The fraction of sp³-hybridized carbons (Fsp3) is 0.632. The zero-order chi connectivity index (χ0) is 17.0. The average Bonchev–Trinajstić information content (AvgIpc) is 2.52. The van der Waals surface area contributed by atoms with Crippen molar-refractivity contribution >= 4 is 5.91 Å². The first-order valence-electron chi connectivity index (χ1n) is 8.65. The second-order valence-electron chi connectivity index (χ2n) is 7.39. The molecule has 0 saturated heterocycles. The molecule has 4 N–H and O–H groups in total. The highest BCUT2D eigenvalue weighted by atomic mass is 16.3. The van der Waals surface area contributed by atoms with Gasteiger partial charge in [0.25, 0.3) is 5.91 Å². The lowest BCUT2D eigenvalue weighted by Gasteiger charge is -2.43. The Morgan fingerprint density at radius 3 is 2.61 bits per heavy atom. The Bertz CT molecular complexity index is 517. The number of benzene rings is 1. The summed E-state index contributed by atoms with van der Waals surface area (Å²) in [5.74, 6) is 0.380. The summed E-state index contributed by atoms with van der Waals surface area (Å²) in [5, 5.41) is 14.0. The van der Waals surface area contributed by atoms with Gasteiger partial charge in [-0.05, 0) is 36.2 Å². The molecule has 23 heavy (non-hydrogen) atoms. The van der Waals surface area contributed by atoms with E-state index in [1.807, 2.05) is 30.3 Å². The Kier molecular flexibility index (Phi) is 5.82. The summed E-state index contributed by atoms with van der Waals surface area (Å²) < 4.78 is 0. The van der Waals surface area contributed by atoms with Gasteiger partial charge in [-0.1, -0.05) is 57.5 Å². The number of aliphatic hydroxyl groups is 1. The van der Waals surface area contributed by atoms with Gasteiger partial charge in [0.05, 0.1) is 0 Å². The van der Waals surface area contributed by atoms with Crippen LogP contribution < -0.4 is 11.1 Å². The zero-order valence-corrected chi connectivity index (χ0v) is 14.5.